The molecule has 1 amide bonds. The molecule has 0 radical (unpaired) electrons. The quantitative estimate of drug-likeness (QED) is 0.863. The number of hydrogen-bond donors (Lipinski definition) is 2. The molecule has 1 aromatic heterocycles. The van der Waals surface area contributed by atoms with Gasteiger partial charge in [0.05, 0.1) is 4.47 Å². The van der Waals surface area contributed by atoms with Gasteiger partial charge in [-0.2, -0.15) is 5.10 Å². The number of H-pyrrole nitrogens is 1. The van der Waals surface area contributed by atoms with Crippen LogP contribution in [0.4, 0.5) is 0 Å². The van der Waals surface area contributed by atoms with E-state index in [0.717, 1.165) is 22.3 Å². The maximum Gasteiger partial charge on any atom is 0.273 e. The van der Waals surface area contributed by atoms with E-state index in [1.54, 1.807) is 0 Å². The lowest BCUT2D eigenvalue weighted by atomic mass is 10.1. The maximum absolute atomic E-state index is 12.8. The molecular formula is C16H19BrN4O. The zero-order valence-corrected chi connectivity index (χ0v) is 14.2. The minimum Gasteiger partial charge on any atom is -0.332 e. The number of amides is 1. The van der Waals surface area contributed by atoms with Crippen molar-refractivity contribution in [3.63, 3.8) is 0 Å². The number of piperazine rings is 1. The maximum atomic E-state index is 12.8. The molecule has 1 aromatic carbocycles. The van der Waals surface area contributed by atoms with Gasteiger partial charge in [-0.25, -0.2) is 0 Å². The molecule has 0 spiro atoms. The van der Waals surface area contributed by atoms with Gasteiger partial charge in [-0.3, -0.25) is 9.89 Å². The van der Waals surface area contributed by atoms with E-state index in [9.17, 15) is 4.79 Å². The van der Waals surface area contributed by atoms with E-state index in [1.165, 1.54) is 0 Å². The van der Waals surface area contributed by atoms with Crippen LogP contribution in [-0.2, 0) is 0 Å². The Bertz CT molecular complexity index is 670. The molecule has 6 heteroatoms. The zero-order chi connectivity index (χ0) is 15.7. The summed E-state index contributed by atoms with van der Waals surface area (Å²) in [6.45, 7) is 5.68. The third-order valence-corrected chi connectivity index (χ3v) is 5.04. The van der Waals surface area contributed by atoms with Gasteiger partial charge in [0, 0.05) is 30.7 Å². The highest BCUT2D eigenvalue weighted by atomic mass is 79.9. The summed E-state index contributed by atoms with van der Waals surface area (Å²) in [6, 6.07) is 10.3. The highest BCUT2D eigenvalue weighted by Gasteiger charge is 2.31. The summed E-state index contributed by atoms with van der Waals surface area (Å²) in [7, 11) is 0. The van der Waals surface area contributed by atoms with Gasteiger partial charge in [-0.15, -0.1) is 0 Å². The number of benzene rings is 1. The van der Waals surface area contributed by atoms with E-state index in [-0.39, 0.29) is 18.0 Å². The van der Waals surface area contributed by atoms with Gasteiger partial charge in [-0.1, -0.05) is 30.3 Å². The van der Waals surface area contributed by atoms with Crippen LogP contribution in [-0.4, -0.2) is 46.2 Å². The first kappa shape index (κ1) is 15.2. The molecule has 1 saturated heterocycles. The Balaban J connectivity index is 1.90. The third-order valence-electron chi connectivity index (χ3n) is 4.26. The Morgan fingerprint density at radius 1 is 1.32 bits per heavy atom. The number of aromatic nitrogens is 2. The molecule has 1 aliphatic rings. The van der Waals surface area contributed by atoms with Crippen LogP contribution < -0.4 is 5.32 Å². The number of carbonyl (C=O) groups is 1. The van der Waals surface area contributed by atoms with E-state index >= 15 is 0 Å². The van der Waals surface area contributed by atoms with Crippen molar-refractivity contribution in [1.29, 1.82) is 0 Å². The molecule has 5 nitrogen and oxygen atoms in total. The van der Waals surface area contributed by atoms with Crippen LogP contribution in [0.1, 0.15) is 24.3 Å². The fraction of sp³-hybridized carbons (Fsp3) is 0.375. The molecule has 1 aliphatic heterocycles. The molecule has 0 aliphatic carbocycles. The van der Waals surface area contributed by atoms with Gasteiger partial charge < -0.3 is 10.2 Å². The van der Waals surface area contributed by atoms with E-state index in [4.69, 9.17) is 0 Å². The molecule has 116 valence electrons. The topological polar surface area (TPSA) is 61.0 Å². The molecule has 22 heavy (non-hydrogen) atoms. The Morgan fingerprint density at radius 2 is 2.05 bits per heavy atom. The van der Waals surface area contributed by atoms with Crippen molar-refractivity contribution >= 4 is 21.8 Å². The van der Waals surface area contributed by atoms with Crippen LogP contribution in [0.2, 0.25) is 0 Å². The zero-order valence-electron chi connectivity index (χ0n) is 12.6. The minimum atomic E-state index is -0.0117. The lowest BCUT2D eigenvalue weighted by Gasteiger charge is -2.38. The lowest BCUT2D eigenvalue weighted by molar-refractivity contribution is 0.0596. The number of aromatic amines is 1. The van der Waals surface area contributed by atoms with Crippen molar-refractivity contribution in [2.45, 2.75) is 25.9 Å². The summed E-state index contributed by atoms with van der Waals surface area (Å²) in [6.07, 6.45) is 0. The fourth-order valence-electron chi connectivity index (χ4n) is 2.74. The van der Waals surface area contributed by atoms with Gasteiger partial charge in [-0.05, 0) is 29.8 Å². The molecular weight excluding hydrogens is 344 g/mol. The highest BCUT2D eigenvalue weighted by Crippen LogP contribution is 2.30. The number of halogens is 1. The van der Waals surface area contributed by atoms with Crippen LogP contribution in [0.25, 0.3) is 11.3 Å². The van der Waals surface area contributed by atoms with Gasteiger partial charge in [0.2, 0.25) is 0 Å². The Morgan fingerprint density at radius 3 is 2.77 bits per heavy atom. The van der Waals surface area contributed by atoms with E-state index in [0.29, 0.717) is 12.2 Å². The van der Waals surface area contributed by atoms with Crippen molar-refractivity contribution in [2.75, 3.05) is 13.1 Å². The molecule has 1 fully saturated rings. The summed E-state index contributed by atoms with van der Waals surface area (Å²) in [4.78, 5) is 14.7. The van der Waals surface area contributed by atoms with E-state index < -0.39 is 0 Å². The molecule has 0 saturated carbocycles. The van der Waals surface area contributed by atoms with Gasteiger partial charge in [0.25, 0.3) is 5.91 Å². The third kappa shape index (κ3) is 2.68. The average molecular weight is 363 g/mol. The van der Waals surface area contributed by atoms with Crippen LogP contribution in [0, 0.1) is 0 Å². The first-order valence-electron chi connectivity index (χ1n) is 7.43. The number of nitrogens with one attached hydrogen (secondary N) is 2. The van der Waals surface area contributed by atoms with Crippen molar-refractivity contribution in [2.24, 2.45) is 0 Å². The predicted octanol–water partition coefficient (Wildman–Crippen LogP) is 2.66. The predicted molar refractivity (Wildman–Crippen MR) is 89.7 cm³/mol. The molecule has 2 unspecified atom stereocenters. The molecule has 2 N–H and O–H groups in total. The minimum absolute atomic E-state index is 0.0117. The number of rotatable bonds is 2. The monoisotopic (exact) mass is 362 g/mol. The number of carbonyl (C=O) groups excluding carboxylic acids is 1. The molecule has 0 bridgehead atoms. The van der Waals surface area contributed by atoms with Crippen molar-refractivity contribution in [1.82, 2.24) is 20.4 Å². The van der Waals surface area contributed by atoms with Crippen molar-refractivity contribution < 1.29 is 4.79 Å². The second kappa shape index (κ2) is 6.22. The largest absolute Gasteiger partial charge is 0.332 e. The fourth-order valence-corrected chi connectivity index (χ4v) is 3.32. The summed E-state index contributed by atoms with van der Waals surface area (Å²) < 4.78 is 0.724. The van der Waals surface area contributed by atoms with Gasteiger partial charge in [0.15, 0.2) is 0 Å². The Kier molecular flexibility index (Phi) is 4.31. The van der Waals surface area contributed by atoms with Crippen molar-refractivity contribution in [3.8, 4) is 11.3 Å². The smallest absolute Gasteiger partial charge is 0.273 e. The van der Waals surface area contributed by atoms with E-state index in [1.807, 2.05) is 35.2 Å². The average Bonchev–Trinajstić information content (AvgIpc) is 2.92. The number of hydrogen-bond acceptors (Lipinski definition) is 3. The van der Waals surface area contributed by atoms with Gasteiger partial charge >= 0.3 is 0 Å². The number of nitrogens with zero attached hydrogens (tertiary/aromatic N) is 2. The lowest BCUT2D eigenvalue weighted by Crippen LogP contribution is -2.57. The van der Waals surface area contributed by atoms with Crippen LogP contribution in [0.5, 0.6) is 0 Å². The Hall–Kier alpha value is -1.66. The second-order valence-electron chi connectivity index (χ2n) is 5.61. The SMILES string of the molecule is CC1NCCN(C(=O)c2[nH]nc(-c3ccccc3)c2Br)C1C. The molecule has 2 atom stereocenters. The summed E-state index contributed by atoms with van der Waals surface area (Å²) >= 11 is 3.53. The van der Waals surface area contributed by atoms with E-state index in [2.05, 4.69) is 45.3 Å². The van der Waals surface area contributed by atoms with Crippen molar-refractivity contribution in [3.05, 3.63) is 40.5 Å². The summed E-state index contributed by atoms with van der Waals surface area (Å²) in [5.74, 6) is -0.0117. The Labute approximate surface area is 138 Å². The molecule has 2 aromatic rings. The second-order valence-corrected chi connectivity index (χ2v) is 6.40. The molecule has 2 heterocycles. The normalized spacial score (nSPS) is 21.9. The van der Waals surface area contributed by atoms with Crippen LogP contribution >= 0.6 is 15.9 Å². The summed E-state index contributed by atoms with van der Waals surface area (Å²) in [5.41, 5.74) is 2.26. The summed E-state index contributed by atoms with van der Waals surface area (Å²) in [5, 5.41) is 10.6. The van der Waals surface area contributed by atoms with Crippen LogP contribution in [0.15, 0.2) is 34.8 Å². The van der Waals surface area contributed by atoms with Crippen LogP contribution in [0.3, 0.4) is 0 Å². The standard InChI is InChI=1S/C16H19BrN4O/c1-10-11(2)21(9-8-18-10)16(22)15-13(17)14(19-20-15)12-6-4-3-5-7-12/h3-7,10-11,18H,8-9H2,1-2H3,(H,19,20). The van der Waals surface area contributed by atoms with Gasteiger partial charge in [0.1, 0.15) is 11.4 Å². The highest BCUT2D eigenvalue weighted by molar-refractivity contribution is 9.10. The molecule has 3 rings (SSSR count). The first-order valence-corrected chi connectivity index (χ1v) is 8.22. The first-order chi connectivity index (χ1) is 10.6.